The lowest BCUT2D eigenvalue weighted by molar-refractivity contribution is 0.0697. The number of nitrogens with zero attached hydrogens (tertiary/aromatic N) is 1. The molecule has 0 aliphatic carbocycles. The SMILES string of the molecule is C/C(=N/Nc1cccc(C(=O)O)c1)c1ccc(Cl)cc1Cl. The molecule has 0 saturated carbocycles. The summed E-state index contributed by atoms with van der Waals surface area (Å²) >= 11 is 11.9. The molecule has 2 N–H and O–H groups in total. The molecule has 0 spiro atoms. The third kappa shape index (κ3) is 3.97. The summed E-state index contributed by atoms with van der Waals surface area (Å²) in [5.41, 5.74) is 5.00. The highest BCUT2D eigenvalue weighted by Crippen LogP contribution is 2.21. The first-order valence-electron chi connectivity index (χ1n) is 6.06. The third-order valence-corrected chi connectivity index (χ3v) is 3.33. The minimum absolute atomic E-state index is 0.192. The molecule has 2 aromatic carbocycles. The van der Waals surface area contributed by atoms with Gasteiger partial charge in [0.05, 0.1) is 22.0 Å². The fourth-order valence-corrected chi connectivity index (χ4v) is 2.26. The zero-order chi connectivity index (χ0) is 15.4. The van der Waals surface area contributed by atoms with Crippen LogP contribution in [0.1, 0.15) is 22.8 Å². The van der Waals surface area contributed by atoms with Crippen LogP contribution in [-0.4, -0.2) is 16.8 Å². The van der Waals surface area contributed by atoms with Crippen LogP contribution in [0.2, 0.25) is 10.0 Å². The maximum Gasteiger partial charge on any atom is 0.335 e. The van der Waals surface area contributed by atoms with Gasteiger partial charge in [-0.15, -0.1) is 0 Å². The molecule has 2 aromatic rings. The van der Waals surface area contributed by atoms with Crippen LogP contribution in [0.4, 0.5) is 5.69 Å². The molecule has 0 amide bonds. The van der Waals surface area contributed by atoms with Gasteiger partial charge in [-0.1, -0.05) is 35.3 Å². The molecule has 0 aromatic heterocycles. The molecular weight excluding hydrogens is 311 g/mol. The molecule has 2 rings (SSSR count). The number of nitrogens with one attached hydrogen (secondary N) is 1. The Bertz CT molecular complexity index is 715. The molecule has 0 bridgehead atoms. The van der Waals surface area contributed by atoms with Crippen molar-refractivity contribution in [2.45, 2.75) is 6.92 Å². The maximum absolute atomic E-state index is 10.9. The number of hydrogen-bond donors (Lipinski definition) is 2. The molecule has 4 nitrogen and oxygen atoms in total. The van der Waals surface area contributed by atoms with Crippen LogP contribution >= 0.6 is 23.2 Å². The number of carboxylic acids is 1. The van der Waals surface area contributed by atoms with Crippen molar-refractivity contribution in [3.63, 3.8) is 0 Å². The number of carboxylic acid groups (broad SMARTS) is 1. The second-order valence-corrected chi connectivity index (χ2v) is 5.16. The Hall–Kier alpha value is -2.04. The Kier molecular flexibility index (Phi) is 4.83. The number of aromatic carboxylic acids is 1. The number of hydrogen-bond acceptors (Lipinski definition) is 3. The van der Waals surface area contributed by atoms with Crippen molar-refractivity contribution in [1.29, 1.82) is 0 Å². The van der Waals surface area contributed by atoms with Crippen LogP contribution in [0, 0.1) is 0 Å². The molecule has 0 radical (unpaired) electrons. The molecule has 0 unspecified atom stereocenters. The average Bonchev–Trinajstić information content (AvgIpc) is 2.45. The van der Waals surface area contributed by atoms with Gasteiger partial charge in [0, 0.05) is 10.6 Å². The van der Waals surface area contributed by atoms with Gasteiger partial charge in [0.15, 0.2) is 0 Å². The Morgan fingerprint density at radius 2 is 1.95 bits per heavy atom. The van der Waals surface area contributed by atoms with Crippen molar-refractivity contribution in [1.82, 2.24) is 0 Å². The first-order chi connectivity index (χ1) is 9.97. The molecular formula is C15H12Cl2N2O2. The van der Waals surface area contributed by atoms with Crippen LogP contribution < -0.4 is 5.43 Å². The lowest BCUT2D eigenvalue weighted by Crippen LogP contribution is -2.02. The topological polar surface area (TPSA) is 61.7 Å². The largest absolute Gasteiger partial charge is 0.478 e. The van der Waals surface area contributed by atoms with Gasteiger partial charge in [-0.05, 0) is 37.3 Å². The first kappa shape index (κ1) is 15.4. The van der Waals surface area contributed by atoms with Gasteiger partial charge >= 0.3 is 5.97 Å². The summed E-state index contributed by atoms with van der Waals surface area (Å²) in [5.74, 6) is -0.986. The summed E-state index contributed by atoms with van der Waals surface area (Å²) in [6.07, 6.45) is 0. The van der Waals surface area contributed by atoms with Crippen molar-refractivity contribution in [3.8, 4) is 0 Å². The van der Waals surface area contributed by atoms with E-state index in [9.17, 15) is 4.79 Å². The molecule has 6 heteroatoms. The number of carbonyl (C=O) groups is 1. The van der Waals surface area contributed by atoms with Gasteiger partial charge in [-0.2, -0.15) is 5.10 Å². The summed E-state index contributed by atoms with van der Waals surface area (Å²) in [7, 11) is 0. The molecule has 0 saturated heterocycles. The Balaban J connectivity index is 2.20. The monoisotopic (exact) mass is 322 g/mol. The standard InChI is InChI=1S/C15H12Cl2N2O2/c1-9(13-6-5-11(16)8-14(13)17)18-19-12-4-2-3-10(7-12)15(20)21/h2-8,19H,1H3,(H,20,21)/b18-9-. The summed E-state index contributed by atoms with van der Waals surface area (Å²) in [5, 5.41) is 14.2. The summed E-state index contributed by atoms with van der Waals surface area (Å²) in [6.45, 7) is 1.79. The highest BCUT2D eigenvalue weighted by molar-refractivity contribution is 6.37. The summed E-state index contributed by atoms with van der Waals surface area (Å²) in [6, 6.07) is 11.5. The van der Waals surface area contributed by atoms with Gasteiger partial charge in [0.2, 0.25) is 0 Å². The Morgan fingerprint density at radius 1 is 1.19 bits per heavy atom. The minimum Gasteiger partial charge on any atom is -0.478 e. The van der Waals surface area contributed by atoms with E-state index < -0.39 is 5.97 Å². The predicted molar refractivity (Wildman–Crippen MR) is 85.7 cm³/mol. The van der Waals surface area contributed by atoms with E-state index in [2.05, 4.69) is 10.5 Å². The zero-order valence-corrected chi connectivity index (χ0v) is 12.6. The second kappa shape index (κ2) is 6.61. The van der Waals surface area contributed by atoms with Crippen LogP contribution in [0.3, 0.4) is 0 Å². The van der Waals surface area contributed by atoms with Crippen LogP contribution in [0.25, 0.3) is 0 Å². The Labute approximate surface area is 132 Å². The minimum atomic E-state index is -0.986. The summed E-state index contributed by atoms with van der Waals surface area (Å²) < 4.78 is 0. The maximum atomic E-state index is 10.9. The van der Waals surface area contributed by atoms with E-state index in [1.54, 1.807) is 37.3 Å². The van der Waals surface area contributed by atoms with Crippen LogP contribution in [-0.2, 0) is 0 Å². The fourth-order valence-electron chi connectivity index (χ4n) is 1.71. The highest BCUT2D eigenvalue weighted by Gasteiger charge is 2.05. The van der Waals surface area contributed by atoms with E-state index >= 15 is 0 Å². The number of hydrazone groups is 1. The van der Waals surface area contributed by atoms with Gasteiger partial charge in [-0.25, -0.2) is 4.79 Å². The van der Waals surface area contributed by atoms with Crippen molar-refractivity contribution in [2.24, 2.45) is 5.10 Å². The zero-order valence-electron chi connectivity index (χ0n) is 11.1. The average molecular weight is 323 g/mol. The predicted octanol–water partition coefficient (Wildman–Crippen LogP) is 4.53. The first-order valence-corrected chi connectivity index (χ1v) is 6.82. The van der Waals surface area contributed by atoms with E-state index in [0.29, 0.717) is 21.4 Å². The van der Waals surface area contributed by atoms with E-state index in [1.165, 1.54) is 12.1 Å². The lowest BCUT2D eigenvalue weighted by Gasteiger charge is -2.06. The van der Waals surface area contributed by atoms with Gasteiger partial charge in [-0.3, -0.25) is 5.43 Å². The molecule has 21 heavy (non-hydrogen) atoms. The molecule has 0 heterocycles. The van der Waals surface area contributed by atoms with Gasteiger partial charge in [0.1, 0.15) is 0 Å². The third-order valence-electron chi connectivity index (χ3n) is 2.78. The molecule has 0 aliphatic heterocycles. The number of rotatable bonds is 4. The van der Waals surface area contributed by atoms with Crippen molar-refractivity contribution >= 4 is 40.6 Å². The van der Waals surface area contributed by atoms with Gasteiger partial charge < -0.3 is 5.11 Å². The highest BCUT2D eigenvalue weighted by atomic mass is 35.5. The number of anilines is 1. The second-order valence-electron chi connectivity index (χ2n) is 4.32. The summed E-state index contributed by atoms with van der Waals surface area (Å²) in [4.78, 5) is 10.9. The molecule has 0 aliphatic rings. The van der Waals surface area contributed by atoms with Crippen molar-refractivity contribution in [3.05, 3.63) is 63.6 Å². The quantitative estimate of drug-likeness (QED) is 0.642. The molecule has 0 fully saturated rings. The van der Waals surface area contributed by atoms with Crippen molar-refractivity contribution < 1.29 is 9.90 Å². The number of halogens is 2. The smallest absolute Gasteiger partial charge is 0.335 e. The fraction of sp³-hybridized carbons (Fsp3) is 0.0667. The van der Waals surface area contributed by atoms with E-state index in [0.717, 1.165) is 5.56 Å². The number of benzene rings is 2. The Morgan fingerprint density at radius 3 is 2.62 bits per heavy atom. The lowest BCUT2D eigenvalue weighted by atomic mass is 10.1. The van der Waals surface area contributed by atoms with E-state index in [-0.39, 0.29) is 5.56 Å². The van der Waals surface area contributed by atoms with E-state index in [4.69, 9.17) is 28.3 Å². The van der Waals surface area contributed by atoms with Gasteiger partial charge in [0.25, 0.3) is 0 Å². The molecule has 108 valence electrons. The van der Waals surface area contributed by atoms with Crippen LogP contribution in [0.5, 0.6) is 0 Å². The van der Waals surface area contributed by atoms with E-state index in [1.807, 2.05) is 0 Å². The van der Waals surface area contributed by atoms with Crippen molar-refractivity contribution in [2.75, 3.05) is 5.43 Å². The normalized spacial score (nSPS) is 11.3. The molecule has 0 atom stereocenters. The van der Waals surface area contributed by atoms with Crippen LogP contribution in [0.15, 0.2) is 47.6 Å².